The van der Waals surface area contributed by atoms with Crippen LogP contribution in [0.3, 0.4) is 0 Å². The van der Waals surface area contributed by atoms with Crippen LogP contribution in [0.25, 0.3) is 0 Å². The smallest absolute Gasteiger partial charge is 0.130 e. The molecule has 0 saturated carbocycles. The molecule has 0 aliphatic carbocycles. The number of epoxide rings is 1. The summed E-state index contributed by atoms with van der Waals surface area (Å²) in [5.74, 6) is 0. The standard InChI is InChI=1S/C15H30NO/c1-4-7-8-9-10-11-12-16(5-2,6-3)13-15-14-17-15/h7-8,15H,4-6,9-14H2,1-3H3/q+1/b8-7+. The summed E-state index contributed by atoms with van der Waals surface area (Å²) in [6.45, 7) is 12.9. The molecule has 100 valence electrons. The Hall–Kier alpha value is -0.340. The summed E-state index contributed by atoms with van der Waals surface area (Å²) in [4.78, 5) is 0. The van der Waals surface area contributed by atoms with E-state index in [4.69, 9.17) is 4.74 Å². The van der Waals surface area contributed by atoms with Gasteiger partial charge in [-0.05, 0) is 39.5 Å². The van der Waals surface area contributed by atoms with E-state index in [2.05, 4.69) is 32.9 Å². The number of nitrogens with zero attached hydrogens (tertiary/aromatic N) is 1. The van der Waals surface area contributed by atoms with Crippen molar-refractivity contribution in [1.82, 2.24) is 0 Å². The van der Waals surface area contributed by atoms with Crippen LogP contribution in [0.4, 0.5) is 0 Å². The van der Waals surface area contributed by atoms with Gasteiger partial charge in [0.15, 0.2) is 0 Å². The minimum Gasteiger partial charge on any atom is -0.367 e. The van der Waals surface area contributed by atoms with Crippen LogP contribution in [0, 0.1) is 0 Å². The predicted molar refractivity (Wildman–Crippen MR) is 74.1 cm³/mol. The van der Waals surface area contributed by atoms with Crippen LogP contribution in [-0.2, 0) is 4.74 Å². The Labute approximate surface area is 107 Å². The van der Waals surface area contributed by atoms with Gasteiger partial charge >= 0.3 is 0 Å². The van der Waals surface area contributed by atoms with Crippen LogP contribution in [0.15, 0.2) is 12.2 Å². The number of allylic oxidation sites excluding steroid dienone is 2. The lowest BCUT2D eigenvalue weighted by Crippen LogP contribution is -2.50. The van der Waals surface area contributed by atoms with Gasteiger partial charge in [0.25, 0.3) is 0 Å². The number of ether oxygens (including phenoxy) is 1. The average Bonchev–Trinajstić information content (AvgIpc) is 3.16. The van der Waals surface area contributed by atoms with Crippen LogP contribution in [-0.4, -0.2) is 43.4 Å². The first-order valence-corrected chi connectivity index (χ1v) is 7.38. The molecule has 0 radical (unpaired) electrons. The van der Waals surface area contributed by atoms with Crippen molar-refractivity contribution in [2.75, 3.05) is 32.8 Å². The normalized spacial score (nSPS) is 20.1. The molecule has 2 nitrogen and oxygen atoms in total. The van der Waals surface area contributed by atoms with Crippen LogP contribution in [0.5, 0.6) is 0 Å². The number of hydrogen-bond acceptors (Lipinski definition) is 1. The molecule has 1 unspecified atom stereocenters. The Morgan fingerprint density at radius 1 is 1.12 bits per heavy atom. The minimum absolute atomic E-state index is 0.565. The van der Waals surface area contributed by atoms with Crippen molar-refractivity contribution in [3.05, 3.63) is 12.2 Å². The van der Waals surface area contributed by atoms with E-state index < -0.39 is 0 Å². The molecule has 1 fully saturated rings. The van der Waals surface area contributed by atoms with Gasteiger partial charge in [-0.1, -0.05) is 19.1 Å². The Morgan fingerprint density at radius 3 is 2.35 bits per heavy atom. The quantitative estimate of drug-likeness (QED) is 0.247. The molecule has 0 aromatic rings. The molecular weight excluding hydrogens is 210 g/mol. The van der Waals surface area contributed by atoms with Gasteiger partial charge in [0, 0.05) is 0 Å². The largest absolute Gasteiger partial charge is 0.367 e. The summed E-state index contributed by atoms with van der Waals surface area (Å²) < 4.78 is 6.65. The molecule has 0 amide bonds. The van der Waals surface area contributed by atoms with Crippen molar-refractivity contribution < 1.29 is 9.22 Å². The second kappa shape index (κ2) is 7.88. The zero-order valence-electron chi connectivity index (χ0n) is 12.0. The lowest BCUT2D eigenvalue weighted by Gasteiger charge is -2.36. The first kappa shape index (κ1) is 14.7. The number of quaternary nitrogens is 1. The van der Waals surface area contributed by atoms with Crippen LogP contribution in [0.2, 0.25) is 0 Å². The molecule has 0 spiro atoms. The zero-order valence-corrected chi connectivity index (χ0v) is 12.0. The van der Waals surface area contributed by atoms with Crippen molar-refractivity contribution in [3.8, 4) is 0 Å². The summed E-state index contributed by atoms with van der Waals surface area (Å²) in [5.41, 5.74) is 0. The molecule has 0 aromatic carbocycles. The maximum absolute atomic E-state index is 5.40. The van der Waals surface area contributed by atoms with Gasteiger partial charge < -0.3 is 9.22 Å². The summed E-state index contributed by atoms with van der Waals surface area (Å²) >= 11 is 0. The highest BCUT2D eigenvalue weighted by Crippen LogP contribution is 2.18. The number of likely N-dealkylation sites (N-methyl/N-ethyl adjacent to an activating group) is 1. The first-order chi connectivity index (χ1) is 8.26. The SMILES string of the molecule is CC/C=C/CCCC[N+](CC)(CC)CC1CO1. The van der Waals surface area contributed by atoms with Crippen molar-refractivity contribution >= 4 is 0 Å². The van der Waals surface area contributed by atoms with Crippen LogP contribution < -0.4 is 0 Å². The molecule has 0 N–H and O–H groups in total. The molecule has 2 heteroatoms. The second-order valence-electron chi connectivity index (χ2n) is 5.21. The fourth-order valence-electron chi connectivity index (χ4n) is 2.49. The Morgan fingerprint density at radius 2 is 1.82 bits per heavy atom. The molecule has 0 aromatic heterocycles. The molecule has 1 aliphatic heterocycles. The van der Waals surface area contributed by atoms with Gasteiger partial charge in [-0.15, -0.1) is 0 Å². The Kier molecular flexibility index (Phi) is 6.83. The van der Waals surface area contributed by atoms with E-state index in [0.717, 1.165) is 6.61 Å². The molecule has 1 rings (SSSR count). The zero-order chi connectivity index (χ0) is 12.6. The molecular formula is C15H30NO+. The third kappa shape index (κ3) is 5.69. The first-order valence-electron chi connectivity index (χ1n) is 7.38. The summed E-state index contributed by atoms with van der Waals surface area (Å²) in [7, 11) is 0. The van der Waals surface area contributed by atoms with Gasteiger partial charge in [-0.3, -0.25) is 0 Å². The highest BCUT2D eigenvalue weighted by molar-refractivity contribution is 4.79. The Bertz CT molecular complexity index is 217. The highest BCUT2D eigenvalue weighted by Gasteiger charge is 2.34. The average molecular weight is 240 g/mol. The van der Waals surface area contributed by atoms with Gasteiger partial charge in [-0.2, -0.15) is 0 Å². The fourth-order valence-corrected chi connectivity index (χ4v) is 2.49. The van der Waals surface area contributed by atoms with E-state index in [0.29, 0.717) is 6.10 Å². The maximum atomic E-state index is 5.40. The van der Waals surface area contributed by atoms with Gasteiger partial charge in [-0.25, -0.2) is 0 Å². The second-order valence-corrected chi connectivity index (χ2v) is 5.21. The molecule has 1 aliphatic rings. The van der Waals surface area contributed by atoms with Crippen molar-refractivity contribution in [2.24, 2.45) is 0 Å². The van der Waals surface area contributed by atoms with Crippen molar-refractivity contribution in [2.45, 2.75) is 52.6 Å². The van der Waals surface area contributed by atoms with Crippen LogP contribution in [0.1, 0.15) is 46.5 Å². The number of hydrogen-bond donors (Lipinski definition) is 0. The van der Waals surface area contributed by atoms with E-state index in [1.165, 1.54) is 56.3 Å². The van der Waals surface area contributed by atoms with E-state index in [-0.39, 0.29) is 0 Å². The summed E-state index contributed by atoms with van der Waals surface area (Å²) in [6.07, 6.45) is 10.3. The van der Waals surface area contributed by atoms with E-state index in [1.54, 1.807) is 0 Å². The summed E-state index contributed by atoms with van der Waals surface area (Å²) in [6, 6.07) is 0. The van der Waals surface area contributed by atoms with Gasteiger partial charge in [0.05, 0.1) is 26.2 Å². The third-order valence-electron chi connectivity index (χ3n) is 3.99. The van der Waals surface area contributed by atoms with E-state index >= 15 is 0 Å². The van der Waals surface area contributed by atoms with Gasteiger partial charge in [0.2, 0.25) is 0 Å². The lowest BCUT2D eigenvalue weighted by molar-refractivity contribution is -0.925. The molecule has 17 heavy (non-hydrogen) atoms. The van der Waals surface area contributed by atoms with E-state index in [9.17, 15) is 0 Å². The van der Waals surface area contributed by atoms with Crippen LogP contribution >= 0.6 is 0 Å². The molecule has 1 atom stereocenters. The maximum Gasteiger partial charge on any atom is 0.130 e. The topological polar surface area (TPSA) is 12.5 Å². The molecule has 0 bridgehead atoms. The van der Waals surface area contributed by atoms with Gasteiger partial charge in [0.1, 0.15) is 12.6 Å². The fraction of sp³-hybridized carbons (Fsp3) is 0.867. The van der Waals surface area contributed by atoms with E-state index in [1.807, 2.05) is 0 Å². The molecule has 1 heterocycles. The highest BCUT2D eigenvalue weighted by atomic mass is 16.6. The Balaban J connectivity index is 2.20. The monoisotopic (exact) mass is 240 g/mol. The molecule has 1 saturated heterocycles. The van der Waals surface area contributed by atoms with Crippen molar-refractivity contribution in [3.63, 3.8) is 0 Å². The number of rotatable bonds is 10. The summed E-state index contributed by atoms with van der Waals surface area (Å²) in [5, 5.41) is 0. The predicted octanol–water partition coefficient (Wildman–Crippen LogP) is 3.38. The minimum atomic E-state index is 0.565. The number of unbranched alkanes of at least 4 members (excludes halogenated alkanes) is 2. The lowest BCUT2D eigenvalue weighted by atomic mass is 10.1. The third-order valence-corrected chi connectivity index (χ3v) is 3.99. The van der Waals surface area contributed by atoms with Crippen molar-refractivity contribution in [1.29, 1.82) is 0 Å².